The second kappa shape index (κ2) is 4.84. The fourth-order valence-electron chi connectivity index (χ4n) is 1.60. The molecule has 0 aliphatic heterocycles. The molecule has 4 N–H and O–H groups in total. The summed E-state index contributed by atoms with van der Waals surface area (Å²) in [5.41, 5.74) is 10.2. The van der Waals surface area contributed by atoms with E-state index >= 15 is 0 Å². The molecule has 0 fully saturated rings. The normalized spacial score (nSPS) is 10.2. The number of nitrogens with two attached hydrogens (primary N) is 2. The summed E-state index contributed by atoms with van der Waals surface area (Å²) in [7, 11) is 1.38. The highest BCUT2D eigenvalue weighted by molar-refractivity contribution is 5.95. The van der Waals surface area contributed by atoms with E-state index in [9.17, 15) is 14.9 Å². The number of methoxy groups -OCH3 is 1. The van der Waals surface area contributed by atoms with Gasteiger partial charge < -0.3 is 16.2 Å². The van der Waals surface area contributed by atoms with Crippen LogP contribution >= 0.6 is 0 Å². The fourth-order valence-corrected chi connectivity index (χ4v) is 1.60. The summed E-state index contributed by atoms with van der Waals surface area (Å²) >= 11 is 0. The average molecular weight is 278 g/mol. The van der Waals surface area contributed by atoms with Crippen molar-refractivity contribution < 1.29 is 14.5 Å². The molecule has 0 aliphatic carbocycles. The van der Waals surface area contributed by atoms with Gasteiger partial charge in [0.05, 0.1) is 18.1 Å². The number of primary amides is 1. The first kappa shape index (κ1) is 13.3. The Bertz CT molecular complexity index is 695. The lowest BCUT2D eigenvalue weighted by Gasteiger charge is -2.06. The maximum absolute atomic E-state index is 11.1. The molecule has 0 radical (unpaired) electrons. The van der Waals surface area contributed by atoms with Crippen molar-refractivity contribution in [3.05, 3.63) is 34.0 Å². The molecule has 0 bridgehead atoms. The van der Waals surface area contributed by atoms with Gasteiger partial charge in [-0.3, -0.25) is 14.9 Å². The Balaban J connectivity index is 2.63. The van der Waals surface area contributed by atoms with E-state index in [0.717, 1.165) is 4.68 Å². The summed E-state index contributed by atoms with van der Waals surface area (Å²) in [6.45, 7) is 0. The van der Waals surface area contributed by atoms with Gasteiger partial charge in [0.2, 0.25) is 0 Å². The summed E-state index contributed by atoms with van der Waals surface area (Å²) in [4.78, 5) is 21.5. The summed E-state index contributed by atoms with van der Waals surface area (Å²) < 4.78 is 5.88. The quantitative estimate of drug-likeness (QED) is 0.583. The highest BCUT2D eigenvalue weighted by Crippen LogP contribution is 2.29. The number of carbonyl (C=O) groups excluding carboxylic acids is 1. The highest BCUT2D eigenvalue weighted by Gasteiger charge is 2.22. The molecular weight excluding hydrogens is 268 g/mol. The van der Waals surface area contributed by atoms with Gasteiger partial charge in [-0.25, -0.2) is 0 Å². The summed E-state index contributed by atoms with van der Waals surface area (Å²) in [5.74, 6) is -0.745. The van der Waals surface area contributed by atoms with Gasteiger partial charge in [0.15, 0.2) is 11.5 Å². The maximum Gasteiger partial charge on any atom is 0.298 e. The number of nitro benzene ring substituents is 1. The number of nitrogen functional groups attached to an aromatic ring is 1. The molecule has 1 aromatic heterocycles. The van der Waals surface area contributed by atoms with E-state index in [1.807, 2.05) is 0 Å². The Labute approximate surface area is 112 Å². The number of benzene rings is 1. The Kier molecular flexibility index (Phi) is 3.21. The van der Waals surface area contributed by atoms with Gasteiger partial charge in [-0.2, -0.15) is 4.68 Å². The Hall–Kier alpha value is -3.17. The first-order chi connectivity index (χ1) is 9.45. The van der Waals surface area contributed by atoms with Gasteiger partial charge in [-0.05, 0) is 12.1 Å². The van der Waals surface area contributed by atoms with E-state index in [0.29, 0.717) is 5.75 Å². The Morgan fingerprint density at radius 1 is 1.50 bits per heavy atom. The zero-order valence-corrected chi connectivity index (χ0v) is 10.3. The summed E-state index contributed by atoms with van der Waals surface area (Å²) in [6.07, 6.45) is 0. The van der Waals surface area contributed by atoms with Crippen molar-refractivity contribution in [2.75, 3.05) is 12.8 Å². The first-order valence-corrected chi connectivity index (χ1v) is 5.29. The number of rotatable bonds is 4. The molecule has 0 saturated heterocycles. The standard InChI is InChI=1S/C10H10N6O4/c1-20-5-2-3-6(7(4-5)16(18)19)15-9(11)8(10(12)17)13-14-15/h2-4H,11H2,1H3,(H2,12,17). The molecule has 0 unspecified atom stereocenters. The maximum atomic E-state index is 11.1. The van der Waals surface area contributed by atoms with Crippen LogP contribution in [0, 0.1) is 10.1 Å². The van der Waals surface area contributed by atoms with Crippen LogP contribution in [0.2, 0.25) is 0 Å². The molecule has 1 aromatic carbocycles. The first-order valence-electron chi connectivity index (χ1n) is 5.29. The lowest BCUT2D eigenvalue weighted by molar-refractivity contribution is -0.384. The minimum absolute atomic E-state index is 0.0494. The molecule has 2 rings (SSSR count). The van der Waals surface area contributed by atoms with Crippen LogP contribution in [0.15, 0.2) is 18.2 Å². The van der Waals surface area contributed by atoms with Crippen molar-refractivity contribution in [1.82, 2.24) is 15.0 Å². The van der Waals surface area contributed by atoms with Crippen LogP contribution in [0.25, 0.3) is 5.69 Å². The largest absolute Gasteiger partial charge is 0.496 e. The van der Waals surface area contributed by atoms with Crippen molar-refractivity contribution in [3.8, 4) is 11.4 Å². The Morgan fingerprint density at radius 3 is 2.70 bits per heavy atom. The smallest absolute Gasteiger partial charge is 0.298 e. The predicted molar refractivity (Wildman–Crippen MR) is 67.5 cm³/mol. The van der Waals surface area contributed by atoms with Crippen molar-refractivity contribution in [3.63, 3.8) is 0 Å². The monoisotopic (exact) mass is 278 g/mol. The minimum atomic E-state index is -0.870. The molecule has 1 amide bonds. The molecule has 10 heteroatoms. The number of carbonyl (C=O) groups is 1. The summed E-state index contributed by atoms with van der Waals surface area (Å²) in [6, 6.07) is 4.08. The molecule has 20 heavy (non-hydrogen) atoms. The lowest BCUT2D eigenvalue weighted by atomic mass is 10.2. The van der Waals surface area contributed by atoms with Crippen LogP contribution in [0.3, 0.4) is 0 Å². The number of nitrogens with zero attached hydrogens (tertiary/aromatic N) is 4. The number of hydrogen-bond donors (Lipinski definition) is 2. The second-order valence-corrected chi connectivity index (χ2v) is 3.71. The number of nitro groups is 1. The average Bonchev–Trinajstić information content (AvgIpc) is 2.79. The van der Waals surface area contributed by atoms with Gasteiger partial charge >= 0.3 is 0 Å². The lowest BCUT2D eigenvalue weighted by Crippen LogP contribution is -2.14. The molecule has 0 atom stereocenters. The van der Waals surface area contributed by atoms with E-state index in [1.54, 1.807) is 0 Å². The van der Waals surface area contributed by atoms with Crippen LogP contribution in [0.5, 0.6) is 5.75 Å². The summed E-state index contributed by atoms with van der Waals surface area (Å²) in [5, 5.41) is 18.2. The van der Waals surface area contributed by atoms with Crippen LogP contribution in [-0.4, -0.2) is 32.9 Å². The minimum Gasteiger partial charge on any atom is -0.496 e. The van der Waals surface area contributed by atoms with Gasteiger partial charge in [0, 0.05) is 0 Å². The van der Waals surface area contributed by atoms with Gasteiger partial charge in [-0.15, -0.1) is 5.10 Å². The highest BCUT2D eigenvalue weighted by atomic mass is 16.6. The fraction of sp³-hybridized carbons (Fsp3) is 0.100. The van der Waals surface area contributed by atoms with Crippen molar-refractivity contribution in [1.29, 1.82) is 0 Å². The van der Waals surface area contributed by atoms with E-state index in [2.05, 4.69) is 10.3 Å². The van der Waals surface area contributed by atoms with Crippen molar-refractivity contribution >= 4 is 17.4 Å². The van der Waals surface area contributed by atoms with Gasteiger partial charge in [-0.1, -0.05) is 5.21 Å². The zero-order valence-electron chi connectivity index (χ0n) is 10.3. The van der Waals surface area contributed by atoms with Crippen LogP contribution < -0.4 is 16.2 Å². The second-order valence-electron chi connectivity index (χ2n) is 3.71. The number of amides is 1. The van der Waals surface area contributed by atoms with Crippen LogP contribution in [0.1, 0.15) is 10.5 Å². The number of anilines is 1. The van der Waals surface area contributed by atoms with Crippen LogP contribution in [-0.2, 0) is 0 Å². The molecule has 10 nitrogen and oxygen atoms in total. The third-order valence-electron chi connectivity index (χ3n) is 2.55. The number of ether oxygens (including phenoxy) is 1. The SMILES string of the molecule is COc1ccc(-n2nnc(C(N)=O)c2N)c([N+](=O)[O-])c1. The van der Waals surface area contributed by atoms with E-state index in [1.165, 1.54) is 25.3 Å². The van der Waals surface area contributed by atoms with E-state index in [4.69, 9.17) is 16.2 Å². The third kappa shape index (κ3) is 2.09. The van der Waals surface area contributed by atoms with E-state index < -0.39 is 10.8 Å². The third-order valence-corrected chi connectivity index (χ3v) is 2.55. The number of aromatic nitrogens is 3. The predicted octanol–water partition coefficient (Wildman–Crippen LogP) is -0.135. The van der Waals surface area contributed by atoms with Crippen LogP contribution in [0.4, 0.5) is 11.5 Å². The number of hydrogen-bond acceptors (Lipinski definition) is 7. The Morgan fingerprint density at radius 2 is 2.20 bits per heavy atom. The topological polar surface area (TPSA) is 152 Å². The van der Waals surface area contributed by atoms with Gasteiger partial charge in [0.25, 0.3) is 11.6 Å². The van der Waals surface area contributed by atoms with Crippen molar-refractivity contribution in [2.24, 2.45) is 5.73 Å². The zero-order chi connectivity index (χ0) is 14.9. The molecule has 0 saturated carbocycles. The van der Waals surface area contributed by atoms with E-state index in [-0.39, 0.29) is 22.9 Å². The van der Waals surface area contributed by atoms with Gasteiger partial charge in [0.1, 0.15) is 11.4 Å². The molecule has 2 aromatic rings. The van der Waals surface area contributed by atoms with Crippen molar-refractivity contribution in [2.45, 2.75) is 0 Å². The molecule has 0 aliphatic rings. The molecule has 1 heterocycles. The molecule has 0 spiro atoms. The molecule has 104 valence electrons. The molecular formula is C10H10N6O4.